The molecule has 1 heterocycles. The number of carboxylic acid groups (broad SMARTS) is 1. The summed E-state index contributed by atoms with van der Waals surface area (Å²) in [6, 6.07) is 17.8. The van der Waals surface area contributed by atoms with Crippen molar-refractivity contribution in [2.24, 2.45) is 0 Å². The number of hydrogen-bond donors (Lipinski definition) is 3. The van der Waals surface area contributed by atoms with Crippen LogP contribution in [0.4, 0.5) is 0 Å². The van der Waals surface area contributed by atoms with Gasteiger partial charge in [0.15, 0.2) is 0 Å². The van der Waals surface area contributed by atoms with Crippen LogP contribution < -0.4 is 10.1 Å². The van der Waals surface area contributed by atoms with Gasteiger partial charge < -0.3 is 20.3 Å². The summed E-state index contributed by atoms with van der Waals surface area (Å²) in [7, 11) is 0. The maximum atomic E-state index is 11.1. The van der Waals surface area contributed by atoms with E-state index in [4.69, 9.17) is 9.84 Å². The average molecular weight is 474 g/mol. The van der Waals surface area contributed by atoms with Crippen LogP contribution >= 0.6 is 0 Å². The fraction of sp³-hybridized carbons (Fsp3) is 0.321. The first kappa shape index (κ1) is 25.9. The Morgan fingerprint density at radius 1 is 1.11 bits per heavy atom. The van der Waals surface area contributed by atoms with Crippen molar-refractivity contribution >= 4 is 5.97 Å². The highest BCUT2D eigenvalue weighted by atomic mass is 16.5. The number of pyridine rings is 1. The van der Waals surface area contributed by atoms with Crippen LogP contribution in [-0.4, -0.2) is 46.0 Å². The Labute approximate surface area is 206 Å². The zero-order chi connectivity index (χ0) is 25.3. The number of aryl methyl sites for hydroxylation is 1. The third-order valence-electron chi connectivity index (χ3n) is 5.83. The molecule has 3 rings (SSSR count). The number of aliphatic hydroxyl groups excluding tert-OH is 1. The van der Waals surface area contributed by atoms with Crippen molar-refractivity contribution in [1.82, 2.24) is 10.3 Å². The van der Waals surface area contributed by atoms with Crippen LogP contribution in [0.2, 0.25) is 0 Å². The summed E-state index contributed by atoms with van der Waals surface area (Å²) in [6.07, 6.45) is 5.80. The van der Waals surface area contributed by atoms with E-state index in [1.54, 1.807) is 42.7 Å². The molecule has 0 bridgehead atoms. The predicted molar refractivity (Wildman–Crippen MR) is 134 cm³/mol. The predicted octanol–water partition coefficient (Wildman–Crippen LogP) is 4.45. The van der Waals surface area contributed by atoms with E-state index in [-0.39, 0.29) is 17.7 Å². The summed E-state index contributed by atoms with van der Waals surface area (Å²) in [5.41, 5.74) is 3.28. The van der Waals surface area contributed by atoms with Gasteiger partial charge in [0.05, 0.1) is 11.1 Å². The number of rotatable bonds is 12. The smallest absolute Gasteiger partial charge is 0.335 e. The first-order valence-corrected chi connectivity index (χ1v) is 11.6. The molecule has 0 amide bonds. The van der Waals surface area contributed by atoms with Crippen LogP contribution in [0.3, 0.4) is 0 Å². The first-order valence-electron chi connectivity index (χ1n) is 11.6. The lowest BCUT2D eigenvalue weighted by atomic mass is 9.95. The highest BCUT2D eigenvalue weighted by Crippen LogP contribution is 2.27. The van der Waals surface area contributed by atoms with E-state index in [1.165, 1.54) is 17.7 Å². The van der Waals surface area contributed by atoms with Crippen LogP contribution in [0.15, 0.2) is 67.0 Å². The fourth-order valence-corrected chi connectivity index (χ4v) is 3.73. The minimum Gasteiger partial charge on any atom is -0.489 e. The van der Waals surface area contributed by atoms with Gasteiger partial charge in [0, 0.05) is 24.5 Å². The van der Waals surface area contributed by atoms with Gasteiger partial charge in [-0.25, -0.2) is 4.79 Å². The highest BCUT2D eigenvalue weighted by Gasteiger charge is 2.19. The standard InChI is InChI=1S/C28H31N3O4/c1-28(2,13-3-4-20-11-14-30-15-12-20)31-18-25(32)19-35-26-16-23(9-10-24(26)17-29)21-5-7-22(8-6-21)27(33)34/h5-12,14-16,25,31-32H,3-4,13,18-19H2,1-2H3,(H,33,34). The number of nitrogens with zero attached hydrogens (tertiary/aromatic N) is 2. The van der Waals surface area contributed by atoms with E-state index in [0.717, 1.165) is 30.4 Å². The Bertz CT molecular complexity index is 1160. The molecule has 182 valence electrons. The molecule has 0 aliphatic heterocycles. The Kier molecular flexibility index (Phi) is 8.96. The van der Waals surface area contributed by atoms with Crippen molar-refractivity contribution in [2.75, 3.05) is 13.2 Å². The number of nitriles is 1. The molecule has 1 unspecified atom stereocenters. The Hall–Kier alpha value is -3.73. The molecule has 35 heavy (non-hydrogen) atoms. The van der Waals surface area contributed by atoms with Gasteiger partial charge in [-0.2, -0.15) is 5.26 Å². The molecule has 0 aliphatic rings. The maximum absolute atomic E-state index is 11.1. The Balaban J connectivity index is 1.52. The number of benzene rings is 2. The molecule has 0 aliphatic carbocycles. The van der Waals surface area contributed by atoms with Crippen LogP contribution in [-0.2, 0) is 6.42 Å². The topological polar surface area (TPSA) is 115 Å². The summed E-state index contributed by atoms with van der Waals surface area (Å²) in [5.74, 6) is -0.608. The summed E-state index contributed by atoms with van der Waals surface area (Å²) >= 11 is 0. The molecule has 1 atom stereocenters. The monoisotopic (exact) mass is 473 g/mol. The summed E-state index contributed by atoms with van der Waals surface area (Å²) in [5, 5.41) is 32.4. The zero-order valence-electron chi connectivity index (χ0n) is 20.1. The number of carbonyl (C=O) groups is 1. The molecule has 0 saturated heterocycles. The Morgan fingerprint density at radius 3 is 2.46 bits per heavy atom. The first-order chi connectivity index (χ1) is 16.8. The number of carboxylic acids is 1. The third kappa shape index (κ3) is 7.92. The van der Waals surface area contributed by atoms with Crippen molar-refractivity contribution in [3.63, 3.8) is 0 Å². The SMILES string of the molecule is CC(C)(CCCc1ccncc1)NCC(O)COc1cc(-c2ccc(C(=O)O)cc2)ccc1C#N. The van der Waals surface area contributed by atoms with E-state index in [1.807, 2.05) is 12.1 Å². The maximum Gasteiger partial charge on any atom is 0.335 e. The molecule has 0 fully saturated rings. The fourth-order valence-electron chi connectivity index (χ4n) is 3.73. The van der Waals surface area contributed by atoms with E-state index >= 15 is 0 Å². The lowest BCUT2D eigenvalue weighted by Gasteiger charge is -2.28. The van der Waals surface area contributed by atoms with Gasteiger partial charge >= 0.3 is 5.97 Å². The average Bonchev–Trinajstić information content (AvgIpc) is 2.86. The second-order valence-electron chi connectivity index (χ2n) is 9.14. The number of aromatic carboxylic acids is 1. The molecule has 2 aromatic carbocycles. The van der Waals surface area contributed by atoms with Crippen LogP contribution in [0.1, 0.15) is 48.2 Å². The van der Waals surface area contributed by atoms with E-state index in [9.17, 15) is 15.2 Å². The minimum atomic E-state index is -0.986. The van der Waals surface area contributed by atoms with E-state index in [0.29, 0.717) is 17.9 Å². The van der Waals surface area contributed by atoms with Crippen molar-refractivity contribution in [2.45, 2.75) is 44.8 Å². The van der Waals surface area contributed by atoms with Gasteiger partial charge in [0.25, 0.3) is 0 Å². The molecule has 3 N–H and O–H groups in total. The molecule has 1 aromatic heterocycles. The van der Waals surface area contributed by atoms with Crippen molar-refractivity contribution in [3.8, 4) is 22.9 Å². The second-order valence-corrected chi connectivity index (χ2v) is 9.14. The number of aromatic nitrogens is 1. The zero-order valence-corrected chi connectivity index (χ0v) is 20.1. The number of hydrogen-bond acceptors (Lipinski definition) is 6. The molecular formula is C28H31N3O4. The van der Waals surface area contributed by atoms with Crippen LogP contribution in [0.5, 0.6) is 5.75 Å². The number of nitrogens with one attached hydrogen (secondary N) is 1. The van der Waals surface area contributed by atoms with Gasteiger partial charge in [-0.1, -0.05) is 18.2 Å². The third-order valence-corrected chi connectivity index (χ3v) is 5.83. The lowest BCUT2D eigenvalue weighted by Crippen LogP contribution is -2.44. The van der Waals surface area contributed by atoms with Crippen molar-refractivity contribution < 1.29 is 19.7 Å². The van der Waals surface area contributed by atoms with Crippen molar-refractivity contribution in [3.05, 3.63) is 83.7 Å². The van der Waals surface area contributed by atoms with Crippen LogP contribution in [0.25, 0.3) is 11.1 Å². The summed E-state index contributed by atoms with van der Waals surface area (Å²) in [6.45, 7) is 4.62. The van der Waals surface area contributed by atoms with Gasteiger partial charge in [0.2, 0.25) is 0 Å². The summed E-state index contributed by atoms with van der Waals surface area (Å²) in [4.78, 5) is 15.1. The van der Waals surface area contributed by atoms with Gasteiger partial charge in [0.1, 0.15) is 24.5 Å². The Morgan fingerprint density at radius 2 is 1.80 bits per heavy atom. The molecule has 3 aromatic rings. The van der Waals surface area contributed by atoms with Gasteiger partial charge in [-0.15, -0.1) is 0 Å². The highest BCUT2D eigenvalue weighted by molar-refractivity contribution is 5.88. The summed E-state index contributed by atoms with van der Waals surface area (Å²) < 4.78 is 5.81. The molecule has 0 radical (unpaired) electrons. The largest absolute Gasteiger partial charge is 0.489 e. The number of aliphatic hydroxyl groups is 1. The molecule has 0 saturated carbocycles. The van der Waals surface area contributed by atoms with Gasteiger partial charge in [-0.3, -0.25) is 4.98 Å². The number of ether oxygens (including phenoxy) is 1. The lowest BCUT2D eigenvalue weighted by molar-refractivity contribution is 0.0697. The normalized spacial score (nSPS) is 12.1. The van der Waals surface area contributed by atoms with E-state index in [2.05, 4.69) is 30.2 Å². The minimum absolute atomic E-state index is 0.0379. The molecular weight excluding hydrogens is 442 g/mol. The second kappa shape index (κ2) is 12.1. The molecule has 7 nitrogen and oxygen atoms in total. The van der Waals surface area contributed by atoms with E-state index < -0.39 is 12.1 Å². The van der Waals surface area contributed by atoms with Gasteiger partial charge in [-0.05, 0) is 86.2 Å². The van der Waals surface area contributed by atoms with Crippen molar-refractivity contribution in [1.29, 1.82) is 5.26 Å². The number of β-amino-alcohol motifs (C(OH)–C–C–N with tert-alkyl or cyclic N) is 1. The quantitative estimate of drug-likeness (QED) is 0.356. The molecule has 7 heteroatoms. The van der Waals surface area contributed by atoms with Crippen LogP contribution in [0, 0.1) is 11.3 Å². The molecule has 0 spiro atoms.